The van der Waals surface area contributed by atoms with Crippen LogP contribution in [0.2, 0.25) is 0 Å². The van der Waals surface area contributed by atoms with E-state index in [1.807, 2.05) is 0 Å². The first-order chi connectivity index (χ1) is 8.60. The van der Waals surface area contributed by atoms with Crippen molar-refractivity contribution in [3.8, 4) is 5.75 Å². The third kappa shape index (κ3) is 2.88. The first-order valence-corrected chi connectivity index (χ1v) is 6.66. The molecule has 1 amide bonds. The molecule has 0 aliphatic rings. The van der Waals surface area contributed by atoms with Crippen LogP contribution in [0.5, 0.6) is 5.75 Å². The second-order valence-corrected chi connectivity index (χ2v) is 5.20. The molecule has 0 bridgehead atoms. The minimum absolute atomic E-state index is 0.287. The Kier molecular flexibility index (Phi) is 3.98. The second-order valence-electron chi connectivity index (χ2n) is 3.43. The summed E-state index contributed by atoms with van der Waals surface area (Å²) in [6, 6.07) is 6.05. The highest BCUT2D eigenvalue weighted by atomic mass is 79.9. The van der Waals surface area contributed by atoms with Gasteiger partial charge < -0.3 is 10.1 Å². The maximum Gasteiger partial charge on any atom is 0.265 e. The van der Waals surface area contributed by atoms with Gasteiger partial charge in [0.1, 0.15) is 11.6 Å². The van der Waals surface area contributed by atoms with E-state index in [1.165, 1.54) is 24.5 Å². The molecule has 3 nitrogen and oxygen atoms in total. The summed E-state index contributed by atoms with van der Waals surface area (Å²) >= 11 is 4.32. The Morgan fingerprint density at radius 2 is 2.22 bits per heavy atom. The number of anilines is 1. The normalized spacial score (nSPS) is 10.2. The summed E-state index contributed by atoms with van der Waals surface area (Å²) in [5, 5.41) is 4.35. The number of rotatable bonds is 3. The molecule has 0 aliphatic carbocycles. The van der Waals surface area contributed by atoms with Gasteiger partial charge in [-0.2, -0.15) is 0 Å². The lowest BCUT2D eigenvalue weighted by atomic mass is 10.3. The predicted octanol–water partition coefficient (Wildman–Crippen LogP) is 3.91. The van der Waals surface area contributed by atoms with Gasteiger partial charge in [0.15, 0.2) is 0 Å². The minimum atomic E-state index is -0.420. The molecule has 0 unspecified atom stereocenters. The molecule has 6 heteroatoms. The van der Waals surface area contributed by atoms with Crippen molar-refractivity contribution in [3.05, 3.63) is 44.8 Å². The Balaban J connectivity index is 2.13. The number of hydrogen-bond donors (Lipinski definition) is 1. The molecule has 94 valence electrons. The summed E-state index contributed by atoms with van der Waals surface area (Å²) in [5.41, 5.74) is 0.410. The van der Waals surface area contributed by atoms with E-state index in [9.17, 15) is 9.18 Å². The third-order valence-electron chi connectivity index (χ3n) is 2.21. The Bertz CT molecular complexity index is 585. The molecular formula is C12H9BrFNO2S. The van der Waals surface area contributed by atoms with Gasteiger partial charge in [0.25, 0.3) is 5.91 Å². The summed E-state index contributed by atoms with van der Waals surface area (Å²) in [7, 11) is 1.54. The van der Waals surface area contributed by atoms with Crippen molar-refractivity contribution >= 4 is 38.9 Å². The third-order valence-corrected chi connectivity index (χ3v) is 3.76. The van der Waals surface area contributed by atoms with Gasteiger partial charge in [0.2, 0.25) is 0 Å². The first kappa shape index (κ1) is 13.0. The van der Waals surface area contributed by atoms with Crippen molar-refractivity contribution in [1.82, 2.24) is 0 Å². The van der Waals surface area contributed by atoms with E-state index in [-0.39, 0.29) is 5.91 Å². The lowest BCUT2D eigenvalue weighted by Gasteiger charge is -2.04. The number of hydrogen-bond acceptors (Lipinski definition) is 3. The quantitative estimate of drug-likeness (QED) is 0.927. The molecule has 2 rings (SSSR count). The molecule has 0 aliphatic heterocycles. The van der Waals surface area contributed by atoms with Gasteiger partial charge >= 0.3 is 0 Å². The van der Waals surface area contributed by atoms with Crippen LogP contribution >= 0.6 is 27.3 Å². The lowest BCUT2D eigenvalue weighted by Crippen LogP contribution is -2.10. The molecule has 0 saturated heterocycles. The van der Waals surface area contributed by atoms with E-state index in [0.29, 0.717) is 20.8 Å². The number of carbonyl (C=O) groups is 1. The largest absolute Gasteiger partial charge is 0.496 e. The zero-order chi connectivity index (χ0) is 13.1. The topological polar surface area (TPSA) is 38.3 Å². The van der Waals surface area contributed by atoms with Gasteiger partial charge in [-0.15, -0.1) is 11.3 Å². The number of thiophene rings is 1. The lowest BCUT2D eigenvalue weighted by molar-refractivity contribution is 0.103. The summed E-state index contributed by atoms with van der Waals surface area (Å²) in [6.07, 6.45) is 0. The standard InChI is InChI=1S/C12H9BrFNO2S/c1-17-8-5-11(18-6-8)12(16)15-7-2-3-9(13)10(14)4-7/h2-6H,1H3,(H,15,16). The number of carbonyl (C=O) groups excluding carboxylic acids is 1. The highest BCUT2D eigenvalue weighted by Crippen LogP contribution is 2.23. The molecule has 0 radical (unpaired) electrons. The Hall–Kier alpha value is -1.40. The van der Waals surface area contributed by atoms with Crippen molar-refractivity contribution in [2.45, 2.75) is 0 Å². The van der Waals surface area contributed by atoms with E-state index in [0.717, 1.165) is 0 Å². The Morgan fingerprint density at radius 3 is 2.83 bits per heavy atom. The molecule has 0 spiro atoms. The maximum atomic E-state index is 13.3. The molecule has 0 fully saturated rings. The smallest absolute Gasteiger partial charge is 0.265 e. The van der Waals surface area contributed by atoms with Gasteiger partial charge in [-0.25, -0.2) is 4.39 Å². The van der Waals surface area contributed by atoms with Gasteiger partial charge in [-0.05, 0) is 34.1 Å². The molecule has 1 heterocycles. The first-order valence-electron chi connectivity index (χ1n) is 4.99. The summed E-state index contributed by atoms with van der Waals surface area (Å²) in [4.78, 5) is 12.4. The highest BCUT2D eigenvalue weighted by molar-refractivity contribution is 9.10. The zero-order valence-electron chi connectivity index (χ0n) is 9.37. The van der Waals surface area contributed by atoms with E-state index in [4.69, 9.17) is 4.74 Å². The minimum Gasteiger partial charge on any atom is -0.496 e. The van der Waals surface area contributed by atoms with Crippen LogP contribution in [0.3, 0.4) is 0 Å². The van der Waals surface area contributed by atoms with Crippen LogP contribution in [-0.2, 0) is 0 Å². The van der Waals surface area contributed by atoms with Crippen LogP contribution < -0.4 is 10.1 Å². The zero-order valence-corrected chi connectivity index (χ0v) is 11.8. The second kappa shape index (κ2) is 5.49. The van der Waals surface area contributed by atoms with Crippen LogP contribution in [0.4, 0.5) is 10.1 Å². The summed E-state index contributed by atoms with van der Waals surface area (Å²) in [6.45, 7) is 0. The van der Waals surface area contributed by atoms with Crippen LogP contribution in [-0.4, -0.2) is 13.0 Å². The van der Waals surface area contributed by atoms with Crippen molar-refractivity contribution in [1.29, 1.82) is 0 Å². The summed E-state index contributed by atoms with van der Waals surface area (Å²) < 4.78 is 18.6. The van der Waals surface area contributed by atoms with E-state index in [1.54, 1.807) is 23.6 Å². The molecular weight excluding hydrogens is 321 g/mol. The fourth-order valence-electron chi connectivity index (χ4n) is 1.31. The number of methoxy groups -OCH3 is 1. The predicted molar refractivity (Wildman–Crippen MR) is 72.9 cm³/mol. The van der Waals surface area contributed by atoms with Crippen molar-refractivity contribution in [2.75, 3.05) is 12.4 Å². The molecule has 1 N–H and O–H groups in total. The highest BCUT2D eigenvalue weighted by Gasteiger charge is 2.10. The average molecular weight is 330 g/mol. The molecule has 18 heavy (non-hydrogen) atoms. The van der Waals surface area contributed by atoms with Gasteiger partial charge in [0.05, 0.1) is 16.5 Å². The number of nitrogens with one attached hydrogen (secondary N) is 1. The Morgan fingerprint density at radius 1 is 1.44 bits per heavy atom. The number of benzene rings is 1. The van der Waals surface area contributed by atoms with Crippen molar-refractivity contribution in [3.63, 3.8) is 0 Å². The monoisotopic (exact) mass is 329 g/mol. The van der Waals surface area contributed by atoms with Crippen molar-refractivity contribution < 1.29 is 13.9 Å². The molecule has 0 saturated carbocycles. The van der Waals surface area contributed by atoms with Gasteiger partial charge in [-0.3, -0.25) is 4.79 Å². The van der Waals surface area contributed by atoms with E-state index >= 15 is 0 Å². The molecule has 0 atom stereocenters. The molecule has 2 aromatic rings. The summed E-state index contributed by atoms with van der Waals surface area (Å²) in [5.74, 6) is -0.0753. The fraction of sp³-hybridized carbons (Fsp3) is 0.0833. The number of ether oxygens (including phenoxy) is 1. The molecule has 1 aromatic carbocycles. The number of halogens is 2. The van der Waals surface area contributed by atoms with Crippen LogP contribution in [0.1, 0.15) is 9.67 Å². The maximum absolute atomic E-state index is 13.3. The van der Waals surface area contributed by atoms with Crippen molar-refractivity contribution in [2.24, 2.45) is 0 Å². The van der Waals surface area contributed by atoms with Gasteiger partial charge in [0, 0.05) is 17.1 Å². The van der Waals surface area contributed by atoms with Crippen LogP contribution in [0.15, 0.2) is 34.1 Å². The molecule has 1 aromatic heterocycles. The van der Waals surface area contributed by atoms with Crippen LogP contribution in [0, 0.1) is 5.82 Å². The Labute approximate surface area is 116 Å². The van der Waals surface area contributed by atoms with E-state index < -0.39 is 5.82 Å². The fourth-order valence-corrected chi connectivity index (χ4v) is 2.31. The van der Waals surface area contributed by atoms with E-state index in [2.05, 4.69) is 21.2 Å². The van der Waals surface area contributed by atoms with Crippen LogP contribution in [0.25, 0.3) is 0 Å². The SMILES string of the molecule is COc1csc(C(=O)Nc2ccc(Br)c(F)c2)c1. The number of amides is 1. The van der Waals surface area contributed by atoms with Gasteiger partial charge in [-0.1, -0.05) is 0 Å². The average Bonchev–Trinajstić information content (AvgIpc) is 2.82.